The Morgan fingerprint density at radius 1 is 0.667 bits per heavy atom. The van der Waals surface area contributed by atoms with E-state index < -0.39 is 0 Å². The molecular formula is C21H24N6+2. The van der Waals surface area contributed by atoms with Crippen molar-refractivity contribution in [3.05, 3.63) is 86.2 Å². The Bertz CT molecular complexity index is 879. The molecule has 0 saturated carbocycles. The second-order valence-corrected chi connectivity index (χ2v) is 6.55. The van der Waals surface area contributed by atoms with Gasteiger partial charge in [-0.05, 0) is 31.4 Å². The fourth-order valence-corrected chi connectivity index (χ4v) is 3.10. The van der Waals surface area contributed by atoms with Gasteiger partial charge in [0.15, 0.2) is 0 Å². The third kappa shape index (κ3) is 4.47. The highest BCUT2D eigenvalue weighted by molar-refractivity contribution is 5.20. The van der Waals surface area contributed by atoms with Crippen LogP contribution in [0, 0.1) is 0 Å². The summed E-state index contributed by atoms with van der Waals surface area (Å²) in [6.07, 6.45) is 19.7. The molecule has 0 bridgehead atoms. The van der Waals surface area contributed by atoms with E-state index in [9.17, 15) is 0 Å². The zero-order chi connectivity index (χ0) is 18.3. The summed E-state index contributed by atoms with van der Waals surface area (Å²) < 4.78 is 8.55. The molecule has 0 aliphatic carbocycles. The summed E-state index contributed by atoms with van der Waals surface area (Å²) in [6, 6.07) is 11.9. The van der Waals surface area contributed by atoms with E-state index in [-0.39, 0.29) is 0 Å². The third-order valence-electron chi connectivity index (χ3n) is 4.54. The van der Waals surface area contributed by atoms with Crippen LogP contribution in [0.25, 0.3) is 11.6 Å². The van der Waals surface area contributed by atoms with Gasteiger partial charge in [0.05, 0.1) is 13.1 Å². The van der Waals surface area contributed by atoms with Crippen molar-refractivity contribution in [1.29, 1.82) is 0 Å². The van der Waals surface area contributed by atoms with Crippen LogP contribution >= 0.6 is 0 Å². The van der Waals surface area contributed by atoms with E-state index in [1.807, 2.05) is 48.8 Å². The Morgan fingerprint density at radius 2 is 1.19 bits per heavy atom. The molecule has 6 nitrogen and oxygen atoms in total. The zero-order valence-electron chi connectivity index (χ0n) is 15.3. The van der Waals surface area contributed by atoms with E-state index in [1.54, 1.807) is 0 Å². The van der Waals surface area contributed by atoms with E-state index in [4.69, 9.17) is 0 Å². The van der Waals surface area contributed by atoms with Crippen LogP contribution in [0.1, 0.15) is 19.3 Å². The second kappa shape index (κ2) is 8.40. The lowest BCUT2D eigenvalue weighted by atomic mass is 10.2. The fraction of sp³-hybridized carbons (Fsp3) is 0.238. The topological polar surface area (TPSA) is 43.4 Å². The molecule has 0 aromatic carbocycles. The van der Waals surface area contributed by atoms with Crippen LogP contribution in [0.2, 0.25) is 0 Å². The van der Waals surface area contributed by atoms with Crippen LogP contribution in [0.15, 0.2) is 86.2 Å². The molecule has 0 atom stereocenters. The molecule has 0 fully saturated rings. The number of aromatic nitrogens is 6. The van der Waals surface area contributed by atoms with Gasteiger partial charge in [0, 0.05) is 24.5 Å². The maximum absolute atomic E-state index is 4.37. The molecule has 0 aliphatic heterocycles. The van der Waals surface area contributed by atoms with Gasteiger partial charge >= 0.3 is 0 Å². The standard InChI is InChI=1S/C21H24N6/c1(6-12-24-14-16-26(18-24)20-8-2-4-10-22-20)7-13-25-15-17-27(19-25)21-9-3-5-11-23-21/h2-5,8-11,14-19H,1,6-7,12-13H2/q+2. The summed E-state index contributed by atoms with van der Waals surface area (Å²) in [7, 11) is 0. The maximum atomic E-state index is 4.37. The molecule has 0 saturated heterocycles. The number of pyridine rings is 2. The molecule has 0 N–H and O–H groups in total. The average molecular weight is 360 g/mol. The first-order valence-electron chi connectivity index (χ1n) is 9.35. The molecular weight excluding hydrogens is 336 g/mol. The number of hydrogen-bond donors (Lipinski definition) is 0. The van der Waals surface area contributed by atoms with Crippen LogP contribution in [-0.2, 0) is 13.1 Å². The van der Waals surface area contributed by atoms with Crippen molar-refractivity contribution in [2.75, 3.05) is 0 Å². The molecule has 136 valence electrons. The van der Waals surface area contributed by atoms with E-state index in [0.29, 0.717) is 0 Å². The minimum Gasteiger partial charge on any atom is -0.236 e. The van der Waals surface area contributed by atoms with E-state index >= 15 is 0 Å². The normalized spacial score (nSPS) is 11.0. The lowest BCUT2D eigenvalue weighted by molar-refractivity contribution is -0.700. The number of hydrogen-bond acceptors (Lipinski definition) is 2. The van der Waals surface area contributed by atoms with Crippen LogP contribution < -0.4 is 9.13 Å². The summed E-state index contributed by atoms with van der Waals surface area (Å²) in [5, 5.41) is 0. The Hall–Kier alpha value is -3.28. The molecule has 4 aromatic rings. The summed E-state index contributed by atoms with van der Waals surface area (Å²) in [4.78, 5) is 8.74. The van der Waals surface area contributed by atoms with Crippen molar-refractivity contribution in [2.45, 2.75) is 32.4 Å². The van der Waals surface area contributed by atoms with Crippen molar-refractivity contribution >= 4 is 0 Å². The highest BCUT2D eigenvalue weighted by Gasteiger charge is 2.08. The smallest absolute Gasteiger partial charge is 0.236 e. The van der Waals surface area contributed by atoms with Gasteiger partial charge in [0.25, 0.3) is 0 Å². The number of imidazole rings is 2. The molecule has 0 unspecified atom stereocenters. The predicted octanol–water partition coefficient (Wildman–Crippen LogP) is 2.50. The first kappa shape index (κ1) is 17.1. The molecule has 4 aromatic heterocycles. The highest BCUT2D eigenvalue weighted by atomic mass is 15.2. The van der Waals surface area contributed by atoms with Crippen molar-refractivity contribution in [2.24, 2.45) is 0 Å². The maximum Gasteiger partial charge on any atom is 0.250 e. The quantitative estimate of drug-likeness (QED) is 0.358. The van der Waals surface area contributed by atoms with Crippen LogP contribution in [0.3, 0.4) is 0 Å². The monoisotopic (exact) mass is 360 g/mol. The molecule has 4 rings (SSSR count). The molecule has 6 heteroatoms. The Balaban J connectivity index is 1.21. The van der Waals surface area contributed by atoms with Crippen LogP contribution in [0.5, 0.6) is 0 Å². The molecule has 0 aliphatic rings. The largest absolute Gasteiger partial charge is 0.250 e. The van der Waals surface area contributed by atoms with Gasteiger partial charge in [-0.15, -0.1) is 0 Å². The van der Waals surface area contributed by atoms with Gasteiger partial charge in [-0.2, -0.15) is 9.13 Å². The summed E-state index contributed by atoms with van der Waals surface area (Å²) in [5.74, 6) is 1.90. The van der Waals surface area contributed by atoms with E-state index in [2.05, 4.69) is 65.7 Å². The Kier molecular flexibility index (Phi) is 5.34. The first-order chi connectivity index (χ1) is 13.4. The van der Waals surface area contributed by atoms with E-state index in [1.165, 1.54) is 19.3 Å². The highest BCUT2D eigenvalue weighted by Crippen LogP contribution is 2.03. The zero-order valence-corrected chi connectivity index (χ0v) is 15.3. The van der Waals surface area contributed by atoms with Crippen LogP contribution in [-0.4, -0.2) is 19.1 Å². The lowest BCUT2D eigenvalue weighted by Crippen LogP contribution is -2.32. The second-order valence-electron chi connectivity index (χ2n) is 6.55. The van der Waals surface area contributed by atoms with Crippen molar-refractivity contribution < 1.29 is 9.13 Å². The first-order valence-corrected chi connectivity index (χ1v) is 9.35. The Morgan fingerprint density at radius 3 is 1.63 bits per heavy atom. The number of aryl methyl sites for hydroxylation is 2. The number of nitrogens with zero attached hydrogens (tertiary/aromatic N) is 6. The van der Waals surface area contributed by atoms with Gasteiger partial charge < -0.3 is 0 Å². The van der Waals surface area contributed by atoms with E-state index in [0.717, 1.165) is 24.7 Å². The summed E-state index contributed by atoms with van der Waals surface area (Å²) in [5.41, 5.74) is 0. The SMILES string of the molecule is c1ccc(-n2cc[n+](CCCCC[n+]3ccn(-c4ccccn4)c3)c2)nc1. The van der Waals surface area contributed by atoms with Crippen LogP contribution in [0.4, 0.5) is 0 Å². The van der Waals surface area contributed by atoms with Crippen molar-refractivity contribution in [3.63, 3.8) is 0 Å². The summed E-state index contributed by atoms with van der Waals surface area (Å²) in [6.45, 7) is 2.05. The van der Waals surface area contributed by atoms with Gasteiger partial charge in [0.1, 0.15) is 24.8 Å². The average Bonchev–Trinajstić information content (AvgIpc) is 3.39. The Labute approximate surface area is 159 Å². The minimum absolute atomic E-state index is 0.949. The molecule has 0 radical (unpaired) electrons. The number of unbranched alkanes of at least 4 members (excludes halogenated alkanes) is 2. The molecule has 4 heterocycles. The van der Waals surface area contributed by atoms with Gasteiger partial charge in [0.2, 0.25) is 24.3 Å². The van der Waals surface area contributed by atoms with Crippen molar-refractivity contribution in [1.82, 2.24) is 19.1 Å². The van der Waals surface area contributed by atoms with Gasteiger partial charge in [-0.25, -0.2) is 19.1 Å². The van der Waals surface area contributed by atoms with Gasteiger partial charge in [-0.3, -0.25) is 0 Å². The van der Waals surface area contributed by atoms with Crippen molar-refractivity contribution in [3.8, 4) is 11.6 Å². The number of rotatable bonds is 8. The lowest BCUT2D eigenvalue weighted by Gasteiger charge is -1.98. The fourth-order valence-electron chi connectivity index (χ4n) is 3.10. The molecule has 0 spiro atoms. The molecule has 27 heavy (non-hydrogen) atoms. The van der Waals surface area contributed by atoms with Gasteiger partial charge in [-0.1, -0.05) is 12.1 Å². The predicted molar refractivity (Wildman–Crippen MR) is 101 cm³/mol. The minimum atomic E-state index is 0.949. The summed E-state index contributed by atoms with van der Waals surface area (Å²) >= 11 is 0. The third-order valence-corrected chi connectivity index (χ3v) is 4.54. The molecule has 0 amide bonds.